The molecular weight excluding hydrogens is 282 g/mol. The van der Waals surface area contributed by atoms with E-state index in [2.05, 4.69) is 22.0 Å². The lowest BCUT2D eigenvalue weighted by Gasteiger charge is -2.40. The minimum atomic E-state index is -0.0119. The number of aliphatic hydroxyl groups excluding tert-OH is 1. The van der Waals surface area contributed by atoms with Crippen LogP contribution in [0.3, 0.4) is 0 Å². The van der Waals surface area contributed by atoms with E-state index in [4.69, 9.17) is 0 Å². The average molecular weight is 303 g/mol. The van der Waals surface area contributed by atoms with Gasteiger partial charge in [-0.25, -0.2) is 9.50 Å². The van der Waals surface area contributed by atoms with E-state index >= 15 is 0 Å². The van der Waals surface area contributed by atoms with Crippen molar-refractivity contribution in [3.63, 3.8) is 0 Å². The molecule has 7 heteroatoms. The molecule has 0 aliphatic carbocycles. The normalized spacial score (nSPS) is 17.8. The fourth-order valence-electron chi connectivity index (χ4n) is 2.95. The highest BCUT2D eigenvalue weighted by Crippen LogP contribution is 2.34. The fourth-order valence-corrected chi connectivity index (χ4v) is 2.95. The lowest BCUT2D eigenvalue weighted by molar-refractivity contribution is -0.133. The van der Waals surface area contributed by atoms with Crippen LogP contribution < -0.4 is 0 Å². The Morgan fingerprint density at radius 3 is 2.82 bits per heavy atom. The Bertz CT molecular complexity index is 622. The molecule has 3 heterocycles. The van der Waals surface area contributed by atoms with Crippen molar-refractivity contribution in [3.05, 3.63) is 24.3 Å². The van der Waals surface area contributed by atoms with Gasteiger partial charge < -0.3 is 10.0 Å². The summed E-state index contributed by atoms with van der Waals surface area (Å²) in [7, 11) is 0. The van der Waals surface area contributed by atoms with Crippen molar-refractivity contribution in [2.75, 3.05) is 19.7 Å². The summed E-state index contributed by atoms with van der Waals surface area (Å²) in [5, 5.41) is 13.8. The van der Waals surface area contributed by atoms with Crippen LogP contribution in [0, 0.1) is 5.41 Å². The molecule has 3 rings (SSSR count). The van der Waals surface area contributed by atoms with Crippen molar-refractivity contribution in [3.8, 4) is 0 Å². The number of likely N-dealkylation sites (tertiary alicyclic amines) is 1. The zero-order valence-corrected chi connectivity index (χ0v) is 12.8. The molecule has 0 spiro atoms. The van der Waals surface area contributed by atoms with E-state index in [1.165, 1.54) is 0 Å². The first-order valence-electron chi connectivity index (χ1n) is 7.71. The number of hydrogen-bond donors (Lipinski definition) is 1. The summed E-state index contributed by atoms with van der Waals surface area (Å²) >= 11 is 0. The smallest absolute Gasteiger partial charge is 0.252 e. The van der Waals surface area contributed by atoms with Crippen LogP contribution in [0.1, 0.15) is 32.0 Å². The molecule has 118 valence electrons. The van der Waals surface area contributed by atoms with Gasteiger partial charge in [0.15, 0.2) is 5.82 Å². The van der Waals surface area contributed by atoms with Gasteiger partial charge in [0.2, 0.25) is 5.91 Å². The molecule has 1 aliphatic rings. The highest BCUT2D eigenvalue weighted by atomic mass is 16.3. The van der Waals surface area contributed by atoms with Crippen LogP contribution in [-0.2, 0) is 11.2 Å². The van der Waals surface area contributed by atoms with Crippen LogP contribution in [0.25, 0.3) is 5.78 Å². The summed E-state index contributed by atoms with van der Waals surface area (Å²) < 4.78 is 1.58. The predicted octanol–water partition coefficient (Wildman–Crippen LogP) is 0.678. The van der Waals surface area contributed by atoms with Gasteiger partial charge in [0, 0.05) is 32.1 Å². The Morgan fingerprint density at radius 1 is 1.41 bits per heavy atom. The van der Waals surface area contributed by atoms with Gasteiger partial charge in [-0.3, -0.25) is 4.79 Å². The van der Waals surface area contributed by atoms with E-state index in [-0.39, 0.29) is 24.3 Å². The minimum Gasteiger partial charge on any atom is -0.396 e. The molecule has 7 nitrogen and oxygen atoms in total. The van der Waals surface area contributed by atoms with E-state index in [9.17, 15) is 9.90 Å². The van der Waals surface area contributed by atoms with Crippen molar-refractivity contribution < 1.29 is 9.90 Å². The number of carbonyl (C=O) groups is 1. The predicted molar refractivity (Wildman–Crippen MR) is 80.1 cm³/mol. The Morgan fingerprint density at radius 2 is 2.18 bits per heavy atom. The lowest BCUT2D eigenvalue weighted by Crippen LogP contribution is -2.45. The largest absolute Gasteiger partial charge is 0.396 e. The maximum Gasteiger partial charge on any atom is 0.252 e. The summed E-state index contributed by atoms with van der Waals surface area (Å²) in [6.07, 6.45) is 6.27. The average Bonchev–Trinajstić information content (AvgIpc) is 2.97. The second-order valence-corrected chi connectivity index (χ2v) is 5.96. The number of rotatable bonds is 4. The summed E-state index contributed by atoms with van der Waals surface area (Å²) in [4.78, 5) is 22.6. The summed E-state index contributed by atoms with van der Waals surface area (Å²) in [6.45, 7) is 3.68. The standard InChI is InChI=1S/C15H21N5O2/c1-2-15(11-21)4-8-19(9-5-15)13(22)10-12-17-14-16-6-3-7-20(14)18-12/h3,6-7,21H,2,4-5,8-11H2,1H3. The van der Waals surface area contributed by atoms with Gasteiger partial charge in [-0.05, 0) is 30.7 Å². The Kier molecular flexibility index (Phi) is 4.06. The Balaban J connectivity index is 1.63. The summed E-state index contributed by atoms with van der Waals surface area (Å²) in [5.41, 5.74) is -0.0119. The second kappa shape index (κ2) is 6.00. The van der Waals surface area contributed by atoms with Crippen LogP contribution in [0.2, 0.25) is 0 Å². The van der Waals surface area contributed by atoms with Gasteiger partial charge in [0.25, 0.3) is 5.78 Å². The molecule has 0 aromatic carbocycles. The SMILES string of the molecule is CCC1(CO)CCN(C(=O)Cc2nc3ncccn3n2)CC1. The first-order chi connectivity index (χ1) is 10.7. The number of carbonyl (C=O) groups excluding carboxylic acids is 1. The fraction of sp³-hybridized carbons (Fsp3) is 0.600. The first kappa shape index (κ1) is 14.9. The maximum atomic E-state index is 12.4. The molecule has 0 saturated carbocycles. The number of hydrogen-bond acceptors (Lipinski definition) is 5. The monoisotopic (exact) mass is 303 g/mol. The number of aromatic nitrogens is 4. The Hall–Kier alpha value is -2.02. The van der Waals surface area contributed by atoms with Crippen molar-refractivity contribution >= 4 is 11.7 Å². The number of fused-ring (bicyclic) bond motifs is 1. The molecular formula is C15H21N5O2. The van der Waals surface area contributed by atoms with Crippen LogP contribution >= 0.6 is 0 Å². The van der Waals surface area contributed by atoms with E-state index in [1.54, 1.807) is 23.0 Å². The first-order valence-corrected chi connectivity index (χ1v) is 7.71. The zero-order valence-electron chi connectivity index (χ0n) is 12.8. The van der Waals surface area contributed by atoms with Crippen molar-refractivity contribution in [1.82, 2.24) is 24.5 Å². The number of aliphatic hydroxyl groups is 1. The zero-order chi connectivity index (χ0) is 15.6. The summed E-state index contributed by atoms with van der Waals surface area (Å²) in [6, 6.07) is 1.77. The third-order valence-corrected chi connectivity index (χ3v) is 4.73. The van der Waals surface area contributed by atoms with Gasteiger partial charge in [-0.2, -0.15) is 4.98 Å². The third-order valence-electron chi connectivity index (χ3n) is 4.73. The summed E-state index contributed by atoms with van der Waals surface area (Å²) in [5.74, 6) is 1.05. The number of piperidine rings is 1. The van der Waals surface area contributed by atoms with Crippen molar-refractivity contribution in [2.24, 2.45) is 5.41 Å². The van der Waals surface area contributed by atoms with Crippen LogP contribution in [-0.4, -0.2) is 55.2 Å². The Labute approximate surface area is 129 Å². The van der Waals surface area contributed by atoms with Gasteiger partial charge in [0.05, 0.1) is 6.42 Å². The van der Waals surface area contributed by atoms with Gasteiger partial charge in [-0.1, -0.05) is 6.92 Å². The molecule has 2 aromatic heterocycles. The molecule has 0 atom stereocenters. The number of amides is 1. The van der Waals surface area contributed by atoms with E-state index in [0.29, 0.717) is 24.7 Å². The van der Waals surface area contributed by atoms with Crippen molar-refractivity contribution in [1.29, 1.82) is 0 Å². The van der Waals surface area contributed by atoms with Crippen LogP contribution in [0.5, 0.6) is 0 Å². The van der Waals surface area contributed by atoms with E-state index < -0.39 is 0 Å². The molecule has 0 radical (unpaired) electrons. The molecule has 22 heavy (non-hydrogen) atoms. The van der Waals surface area contributed by atoms with Crippen LogP contribution in [0.15, 0.2) is 18.5 Å². The van der Waals surface area contributed by atoms with E-state index in [0.717, 1.165) is 19.3 Å². The second-order valence-electron chi connectivity index (χ2n) is 5.96. The highest BCUT2D eigenvalue weighted by molar-refractivity contribution is 5.78. The number of nitrogens with zero attached hydrogens (tertiary/aromatic N) is 5. The van der Waals surface area contributed by atoms with Gasteiger partial charge >= 0.3 is 0 Å². The molecule has 1 saturated heterocycles. The van der Waals surface area contributed by atoms with Crippen molar-refractivity contribution in [2.45, 2.75) is 32.6 Å². The molecule has 1 aliphatic heterocycles. The van der Waals surface area contributed by atoms with Gasteiger partial charge in [-0.15, -0.1) is 5.10 Å². The molecule has 0 unspecified atom stereocenters. The van der Waals surface area contributed by atoms with E-state index in [1.807, 2.05) is 4.90 Å². The molecule has 1 fully saturated rings. The molecule has 2 aromatic rings. The maximum absolute atomic E-state index is 12.4. The van der Waals surface area contributed by atoms with Gasteiger partial charge in [0.1, 0.15) is 0 Å². The minimum absolute atomic E-state index is 0.0119. The third kappa shape index (κ3) is 2.81. The quantitative estimate of drug-likeness (QED) is 0.898. The lowest BCUT2D eigenvalue weighted by atomic mass is 9.77. The topological polar surface area (TPSA) is 83.6 Å². The highest BCUT2D eigenvalue weighted by Gasteiger charge is 2.34. The molecule has 0 bridgehead atoms. The molecule has 1 amide bonds. The molecule has 1 N–H and O–H groups in total. The van der Waals surface area contributed by atoms with Crippen LogP contribution in [0.4, 0.5) is 0 Å².